The highest BCUT2D eigenvalue weighted by Crippen LogP contribution is 2.44. The summed E-state index contributed by atoms with van der Waals surface area (Å²) in [5.41, 5.74) is 2.29. The summed E-state index contributed by atoms with van der Waals surface area (Å²) in [4.78, 5) is 25.9. The molecule has 0 unspecified atom stereocenters. The van der Waals surface area contributed by atoms with Crippen molar-refractivity contribution in [2.45, 2.75) is 18.9 Å². The number of methoxy groups -OCH3 is 1. The molecule has 0 amide bonds. The van der Waals surface area contributed by atoms with Gasteiger partial charge in [-0.05, 0) is 54.2 Å². The molecule has 2 aromatic carbocycles. The second-order valence-electron chi connectivity index (χ2n) is 6.88. The van der Waals surface area contributed by atoms with Crippen LogP contribution in [0.2, 0.25) is 0 Å². The standard InChI is InChI=1S/C21H15N3O3S/c1-27-19-14(12-4-2-3-11(9-12)10-22)7-8-15-17(19)24(13-5-6-13)21-16(18(15)25)20(26)23-28-21/h2-4,7-9,13H,5-6H2,1H3,(H,23,26). The zero-order chi connectivity index (χ0) is 19.4. The lowest BCUT2D eigenvalue weighted by Crippen LogP contribution is -2.15. The molecule has 0 aliphatic heterocycles. The zero-order valence-corrected chi connectivity index (χ0v) is 15.8. The highest BCUT2D eigenvalue weighted by Gasteiger charge is 2.30. The van der Waals surface area contributed by atoms with Crippen LogP contribution in [0, 0.1) is 11.3 Å². The molecular weight excluding hydrogens is 374 g/mol. The maximum absolute atomic E-state index is 13.1. The largest absolute Gasteiger partial charge is 0.494 e. The van der Waals surface area contributed by atoms with Gasteiger partial charge in [-0.25, -0.2) is 0 Å². The first kappa shape index (κ1) is 16.8. The Morgan fingerprint density at radius 1 is 1.25 bits per heavy atom. The van der Waals surface area contributed by atoms with E-state index in [1.807, 2.05) is 18.2 Å². The Hall–Kier alpha value is -3.37. The molecule has 138 valence electrons. The first-order chi connectivity index (χ1) is 13.6. The van der Waals surface area contributed by atoms with Gasteiger partial charge in [0.15, 0.2) is 5.75 Å². The second-order valence-corrected chi connectivity index (χ2v) is 7.67. The van der Waals surface area contributed by atoms with Gasteiger partial charge in [-0.3, -0.25) is 14.0 Å². The van der Waals surface area contributed by atoms with Gasteiger partial charge in [0, 0.05) is 11.6 Å². The van der Waals surface area contributed by atoms with Crippen molar-refractivity contribution in [3.05, 3.63) is 62.5 Å². The number of pyridine rings is 1. The van der Waals surface area contributed by atoms with Gasteiger partial charge in [0.25, 0.3) is 5.56 Å². The van der Waals surface area contributed by atoms with E-state index in [1.54, 1.807) is 25.3 Å². The van der Waals surface area contributed by atoms with Crippen LogP contribution in [0.15, 0.2) is 46.0 Å². The zero-order valence-electron chi connectivity index (χ0n) is 15.0. The van der Waals surface area contributed by atoms with Crippen LogP contribution in [0.1, 0.15) is 24.4 Å². The molecule has 1 fully saturated rings. The van der Waals surface area contributed by atoms with Crippen molar-refractivity contribution in [1.29, 1.82) is 5.26 Å². The summed E-state index contributed by atoms with van der Waals surface area (Å²) >= 11 is 1.19. The molecule has 4 aromatic rings. The number of nitriles is 1. The number of aromatic amines is 1. The number of hydrogen-bond acceptors (Lipinski definition) is 5. The van der Waals surface area contributed by atoms with Gasteiger partial charge in [-0.15, -0.1) is 0 Å². The van der Waals surface area contributed by atoms with E-state index < -0.39 is 0 Å². The minimum Gasteiger partial charge on any atom is -0.494 e. The van der Waals surface area contributed by atoms with Crippen molar-refractivity contribution in [3.8, 4) is 22.9 Å². The minimum atomic E-state index is -0.342. The van der Waals surface area contributed by atoms with Crippen LogP contribution in [-0.2, 0) is 0 Å². The molecule has 28 heavy (non-hydrogen) atoms. The molecule has 1 aliphatic rings. The monoisotopic (exact) mass is 389 g/mol. The third-order valence-corrected chi connectivity index (χ3v) is 6.04. The van der Waals surface area contributed by atoms with Crippen molar-refractivity contribution in [2.24, 2.45) is 0 Å². The van der Waals surface area contributed by atoms with E-state index in [0.29, 0.717) is 27.0 Å². The molecule has 0 radical (unpaired) electrons. The first-order valence-electron chi connectivity index (χ1n) is 8.91. The molecule has 1 aliphatic carbocycles. The Morgan fingerprint density at radius 2 is 2.07 bits per heavy atom. The summed E-state index contributed by atoms with van der Waals surface area (Å²) in [6.07, 6.45) is 1.99. The van der Waals surface area contributed by atoms with E-state index in [0.717, 1.165) is 24.0 Å². The average Bonchev–Trinajstić information content (AvgIpc) is 3.49. The number of nitrogens with zero attached hydrogens (tertiary/aromatic N) is 2. The molecule has 7 heteroatoms. The van der Waals surface area contributed by atoms with E-state index >= 15 is 0 Å². The van der Waals surface area contributed by atoms with Gasteiger partial charge in [0.2, 0.25) is 5.43 Å². The van der Waals surface area contributed by atoms with Crippen molar-refractivity contribution >= 4 is 32.7 Å². The van der Waals surface area contributed by atoms with Gasteiger partial charge in [-0.2, -0.15) is 5.26 Å². The third-order valence-electron chi connectivity index (χ3n) is 5.16. The van der Waals surface area contributed by atoms with Crippen LogP contribution in [0.3, 0.4) is 0 Å². The molecular formula is C21H15N3O3S. The van der Waals surface area contributed by atoms with E-state index in [-0.39, 0.29) is 22.4 Å². The fourth-order valence-electron chi connectivity index (χ4n) is 3.76. The van der Waals surface area contributed by atoms with Gasteiger partial charge in [0.05, 0.1) is 29.6 Å². The predicted molar refractivity (Wildman–Crippen MR) is 109 cm³/mol. The molecule has 2 heterocycles. The fraction of sp³-hybridized carbons (Fsp3) is 0.190. The molecule has 0 atom stereocenters. The molecule has 1 N–H and O–H groups in total. The summed E-state index contributed by atoms with van der Waals surface area (Å²) in [6.45, 7) is 0. The van der Waals surface area contributed by atoms with Crippen LogP contribution in [0.4, 0.5) is 0 Å². The Kier molecular flexibility index (Phi) is 3.64. The number of rotatable bonds is 3. The number of benzene rings is 2. The molecule has 0 bridgehead atoms. The lowest BCUT2D eigenvalue weighted by atomic mass is 9.99. The normalized spacial score (nSPS) is 13.7. The molecule has 1 saturated carbocycles. The van der Waals surface area contributed by atoms with E-state index in [9.17, 15) is 14.9 Å². The topological polar surface area (TPSA) is 87.9 Å². The number of aromatic nitrogens is 2. The molecule has 5 rings (SSSR count). The molecule has 0 saturated heterocycles. The van der Waals surface area contributed by atoms with E-state index in [1.165, 1.54) is 11.5 Å². The Labute approximate surface area is 163 Å². The second kappa shape index (κ2) is 6.08. The van der Waals surface area contributed by atoms with Crippen LogP contribution >= 0.6 is 11.5 Å². The smallest absolute Gasteiger partial charge is 0.271 e. The highest BCUT2D eigenvalue weighted by molar-refractivity contribution is 7.12. The number of fused-ring (bicyclic) bond motifs is 2. The fourth-order valence-corrected chi connectivity index (χ4v) is 4.68. The quantitative estimate of drug-likeness (QED) is 0.577. The van der Waals surface area contributed by atoms with Crippen molar-refractivity contribution in [1.82, 2.24) is 8.94 Å². The summed E-state index contributed by atoms with van der Waals surface area (Å²) in [5, 5.41) is 9.92. The lowest BCUT2D eigenvalue weighted by molar-refractivity contribution is 0.419. The van der Waals surface area contributed by atoms with Crippen molar-refractivity contribution in [3.63, 3.8) is 0 Å². The lowest BCUT2D eigenvalue weighted by Gasteiger charge is -2.17. The van der Waals surface area contributed by atoms with Gasteiger partial charge >= 0.3 is 0 Å². The van der Waals surface area contributed by atoms with Crippen LogP contribution < -0.4 is 15.7 Å². The van der Waals surface area contributed by atoms with Crippen molar-refractivity contribution < 1.29 is 4.74 Å². The molecule has 2 aromatic heterocycles. The van der Waals surface area contributed by atoms with Gasteiger partial charge in [0.1, 0.15) is 10.2 Å². The Balaban J connectivity index is 1.96. The van der Waals surface area contributed by atoms with E-state index in [4.69, 9.17) is 4.74 Å². The minimum absolute atomic E-state index is 0.214. The highest BCUT2D eigenvalue weighted by atomic mass is 32.1. The Morgan fingerprint density at radius 3 is 2.79 bits per heavy atom. The number of hydrogen-bond donors (Lipinski definition) is 1. The maximum atomic E-state index is 13.1. The maximum Gasteiger partial charge on any atom is 0.271 e. The van der Waals surface area contributed by atoms with Crippen LogP contribution in [-0.4, -0.2) is 16.1 Å². The number of ether oxygens (including phenoxy) is 1. The number of H-pyrrole nitrogens is 1. The number of nitrogens with one attached hydrogen (secondary N) is 1. The predicted octanol–water partition coefficient (Wildman–Crippen LogP) is 3.79. The van der Waals surface area contributed by atoms with Gasteiger partial charge in [-0.1, -0.05) is 12.1 Å². The summed E-state index contributed by atoms with van der Waals surface area (Å²) in [5.74, 6) is 0.583. The summed E-state index contributed by atoms with van der Waals surface area (Å²) in [6, 6.07) is 13.3. The Bertz CT molecular complexity index is 1420. The van der Waals surface area contributed by atoms with Gasteiger partial charge < -0.3 is 9.30 Å². The molecule has 6 nitrogen and oxygen atoms in total. The molecule has 0 spiro atoms. The van der Waals surface area contributed by atoms with Crippen molar-refractivity contribution in [2.75, 3.05) is 7.11 Å². The SMILES string of the molecule is COc1c(-c2cccc(C#N)c2)ccc2c(=O)c3c(=O)[nH]sc3n(C3CC3)c12. The summed E-state index contributed by atoms with van der Waals surface area (Å²) in [7, 11) is 1.58. The van der Waals surface area contributed by atoms with Crippen LogP contribution in [0.25, 0.3) is 32.2 Å². The van der Waals surface area contributed by atoms with E-state index in [2.05, 4.69) is 15.0 Å². The summed E-state index contributed by atoms with van der Waals surface area (Å²) < 4.78 is 10.6. The van der Waals surface area contributed by atoms with Crippen LogP contribution in [0.5, 0.6) is 5.75 Å². The first-order valence-corrected chi connectivity index (χ1v) is 9.72. The third kappa shape index (κ3) is 2.31. The average molecular weight is 389 g/mol.